The van der Waals surface area contributed by atoms with E-state index in [1.165, 1.54) is 0 Å². The van der Waals surface area contributed by atoms with E-state index in [1.54, 1.807) is 23.1 Å². The van der Waals surface area contributed by atoms with Crippen molar-refractivity contribution >= 4 is 39.2 Å². The number of carbonyl (C=O) groups excluding carboxylic acids is 1. The molecule has 2 N–H and O–H groups in total. The minimum absolute atomic E-state index is 0.0105. The van der Waals surface area contributed by atoms with E-state index >= 15 is 0 Å². The predicted molar refractivity (Wildman–Crippen MR) is 104 cm³/mol. The largest absolute Gasteiger partial charge is 0.352 e. The number of thiazole rings is 1. The smallest absolute Gasteiger partial charge is 0.251 e. The molecule has 0 unspecified atom stereocenters. The van der Waals surface area contributed by atoms with Crippen molar-refractivity contribution in [3.63, 3.8) is 0 Å². The summed E-state index contributed by atoms with van der Waals surface area (Å²) in [6, 6.07) is 5.70. The third kappa shape index (κ3) is 6.05. The van der Waals surface area contributed by atoms with Crippen LogP contribution in [0.1, 0.15) is 23.2 Å². The third-order valence-corrected chi connectivity index (χ3v) is 5.58. The first-order chi connectivity index (χ1) is 11.6. The maximum absolute atomic E-state index is 12.2. The number of amides is 1. The van der Waals surface area contributed by atoms with Crippen molar-refractivity contribution in [2.24, 2.45) is 0 Å². The third-order valence-electron chi connectivity index (χ3n) is 3.58. The molecule has 2 aromatic rings. The Morgan fingerprint density at radius 1 is 1.25 bits per heavy atom. The van der Waals surface area contributed by atoms with Crippen LogP contribution in [0.3, 0.4) is 0 Å². The molecule has 0 fully saturated rings. The van der Waals surface area contributed by atoms with Gasteiger partial charge in [0.25, 0.3) is 5.91 Å². The number of thioether (sulfide) groups is 1. The van der Waals surface area contributed by atoms with Crippen molar-refractivity contribution < 1.29 is 4.79 Å². The standard InChI is InChI=1S/C17H26N4OS2/c1-21(2)11-5-9-18-8-4-10-19-16(22)13-6-7-14-15(12-13)24-17(20-14)23-3/h6-7,12,18H,4-5,8-11H2,1-3H3,(H,19,22). The first-order valence-corrected chi connectivity index (χ1v) is 10.2. The molecule has 1 aromatic heterocycles. The lowest BCUT2D eigenvalue weighted by molar-refractivity contribution is 0.0953. The number of benzene rings is 1. The number of nitrogens with one attached hydrogen (secondary N) is 2. The van der Waals surface area contributed by atoms with Gasteiger partial charge in [0.2, 0.25) is 0 Å². The van der Waals surface area contributed by atoms with E-state index < -0.39 is 0 Å². The van der Waals surface area contributed by atoms with Gasteiger partial charge in [-0.2, -0.15) is 0 Å². The van der Waals surface area contributed by atoms with Crippen LogP contribution in [0.4, 0.5) is 0 Å². The summed E-state index contributed by atoms with van der Waals surface area (Å²) in [5, 5.41) is 6.39. The van der Waals surface area contributed by atoms with E-state index in [4.69, 9.17) is 0 Å². The first-order valence-electron chi connectivity index (χ1n) is 8.18. The van der Waals surface area contributed by atoms with Crippen LogP contribution in [-0.2, 0) is 0 Å². The molecule has 0 radical (unpaired) electrons. The number of fused-ring (bicyclic) bond motifs is 1. The van der Waals surface area contributed by atoms with Gasteiger partial charge in [-0.05, 0) is 71.0 Å². The summed E-state index contributed by atoms with van der Waals surface area (Å²) in [6.45, 7) is 3.74. The lowest BCUT2D eigenvalue weighted by Gasteiger charge is -2.10. The van der Waals surface area contributed by atoms with Crippen molar-refractivity contribution in [3.8, 4) is 0 Å². The molecule has 0 aliphatic carbocycles. The van der Waals surface area contributed by atoms with Gasteiger partial charge in [0.05, 0.1) is 10.2 Å². The molecule has 5 nitrogen and oxygen atoms in total. The fourth-order valence-electron chi connectivity index (χ4n) is 2.29. The molecule has 0 aliphatic rings. The highest BCUT2D eigenvalue weighted by atomic mass is 32.2. The van der Waals surface area contributed by atoms with Crippen molar-refractivity contribution in [3.05, 3.63) is 23.8 Å². The van der Waals surface area contributed by atoms with Crippen molar-refractivity contribution in [1.29, 1.82) is 0 Å². The van der Waals surface area contributed by atoms with Gasteiger partial charge in [-0.25, -0.2) is 4.98 Å². The zero-order valence-electron chi connectivity index (χ0n) is 14.6. The van der Waals surface area contributed by atoms with E-state index in [1.807, 2.05) is 24.5 Å². The molecule has 24 heavy (non-hydrogen) atoms. The second-order valence-corrected chi connectivity index (χ2v) is 7.97. The van der Waals surface area contributed by atoms with Crippen LogP contribution in [0.5, 0.6) is 0 Å². The molecule has 1 heterocycles. The van der Waals surface area contributed by atoms with Gasteiger partial charge in [-0.3, -0.25) is 4.79 Å². The molecule has 7 heteroatoms. The van der Waals surface area contributed by atoms with Crippen LogP contribution in [-0.4, -0.2) is 62.3 Å². The van der Waals surface area contributed by atoms with Crippen molar-refractivity contribution in [1.82, 2.24) is 20.5 Å². The van der Waals surface area contributed by atoms with E-state index in [2.05, 4.69) is 34.6 Å². The Balaban J connectivity index is 1.69. The Kier molecular flexibility index (Phi) is 7.98. The zero-order valence-corrected chi connectivity index (χ0v) is 16.2. The zero-order chi connectivity index (χ0) is 17.4. The number of carbonyl (C=O) groups is 1. The molecule has 1 aromatic carbocycles. The predicted octanol–water partition coefficient (Wildman–Crippen LogP) is 2.68. The van der Waals surface area contributed by atoms with E-state index in [9.17, 15) is 4.79 Å². The fourth-order valence-corrected chi connectivity index (χ4v) is 3.82. The van der Waals surface area contributed by atoms with E-state index in [0.29, 0.717) is 12.1 Å². The summed E-state index contributed by atoms with van der Waals surface area (Å²) >= 11 is 3.26. The Hall–Kier alpha value is -1.15. The van der Waals surface area contributed by atoms with Gasteiger partial charge in [0.15, 0.2) is 4.34 Å². The SMILES string of the molecule is CSc1nc2ccc(C(=O)NCCCNCCCN(C)C)cc2s1. The van der Waals surface area contributed by atoms with Crippen LogP contribution in [0.15, 0.2) is 22.5 Å². The van der Waals surface area contributed by atoms with Crippen LogP contribution in [0.25, 0.3) is 10.2 Å². The first kappa shape index (κ1) is 19.2. The van der Waals surface area contributed by atoms with Gasteiger partial charge >= 0.3 is 0 Å². The summed E-state index contributed by atoms with van der Waals surface area (Å²) in [7, 11) is 4.17. The summed E-state index contributed by atoms with van der Waals surface area (Å²) in [5.74, 6) is -0.0105. The lowest BCUT2D eigenvalue weighted by atomic mass is 10.2. The number of nitrogens with zero attached hydrogens (tertiary/aromatic N) is 2. The lowest BCUT2D eigenvalue weighted by Crippen LogP contribution is -2.28. The molecule has 0 aliphatic heterocycles. The molecular formula is C17H26N4OS2. The Bertz CT molecular complexity index is 657. The summed E-state index contributed by atoms with van der Waals surface area (Å²) in [4.78, 5) is 18.9. The summed E-state index contributed by atoms with van der Waals surface area (Å²) < 4.78 is 2.09. The van der Waals surface area contributed by atoms with Gasteiger partial charge in [0, 0.05) is 12.1 Å². The van der Waals surface area contributed by atoms with Crippen molar-refractivity contribution in [2.45, 2.75) is 17.2 Å². The average Bonchev–Trinajstić information content (AvgIpc) is 2.99. The van der Waals surface area contributed by atoms with Crippen LogP contribution >= 0.6 is 23.1 Å². The van der Waals surface area contributed by atoms with E-state index in [-0.39, 0.29) is 5.91 Å². The number of hydrogen-bond acceptors (Lipinski definition) is 6. The molecular weight excluding hydrogens is 340 g/mol. The highest BCUT2D eigenvalue weighted by Crippen LogP contribution is 2.28. The molecule has 0 saturated carbocycles. The summed E-state index contributed by atoms with van der Waals surface area (Å²) in [6.07, 6.45) is 4.10. The molecule has 0 atom stereocenters. The highest BCUT2D eigenvalue weighted by Gasteiger charge is 2.08. The normalized spacial score (nSPS) is 11.3. The van der Waals surface area contributed by atoms with E-state index in [0.717, 1.165) is 47.0 Å². The van der Waals surface area contributed by atoms with Crippen molar-refractivity contribution in [2.75, 3.05) is 46.5 Å². The van der Waals surface area contributed by atoms with Crippen LogP contribution in [0, 0.1) is 0 Å². The Morgan fingerprint density at radius 2 is 2.04 bits per heavy atom. The summed E-state index contributed by atoms with van der Waals surface area (Å²) in [5.41, 5.74) is 1.67. The second kappa shape index (κ2) is 9.98. The van der Waals surface area contributed by atoms with Gasteiger partial charge in [0.1, 0.15) is 0 Å². The molecule has 1 amide bonds. The Morgan fingerprint density at radius 3 is 2.79 bits per heavy atom. The number of rotatable bonds is 10. The number of aromatic nitrogens is 1. The quantitative estimate of drug-likeness (QED) is 0.500. The van der Waals surface area contributed by atoms with Crippen LogP contribution < -0.4 is 10.6 Å². The fraction of sp³-hybridized carbons (Fsp3) is 0.529. The minimum Gasteiger partial charge on any atom is -0.352 e. The molecule has 0 spiro atoms. The number of hydrogen-bond donors (Lipinski definition) is 2. The maximum Gasteiger partial charge on any atom is 0.251 e. The minimum atomic E-state index is -0.0105. The van der Waals surface area contributed by atoms with Crippen LogP contribution in [0.2, 0.25) is 0 Å². The Labute approximate surface area is 152 Å². The highest BCUT2D eigenvalue weighted by molar-refractivity contribution is 8.00. The van der Waals surface area contributed by atoms with Gasteiger partial charge in [-0.15, -0.1) is 11.3 Å². The maximum atomic E-state index is 12.2. The topological polar surface area (TPSA) is 57.3 Å². The molecule has 0 bridgehead atoms. The average molecular weight is 367 g/mol. The van der Waals surface area contributed by atoms with Gasteiger partial charge < -0.3 is 15.5 Å². The monoisotopic (exact) mass is 366 g/mol. The molecule has 0 saturated heterocycles. The second-order valence-electron chi connectivity index (χ2n) is 5.88. The molecule has 132 valence electrons. The molecule has 2 rings (SSSR count). The van der Waals surface area contributed by atoms with Gasteiger partial charge in [-0.1, -0.05) is 11.8 Å².